The third kappa shape index (κ3) is 5.68. The van der Waals surface area contributed by atoms with Crippen LogP contribution in [0.25, 0.3) is 0 Å². The minimum absolute atomic E-state index is 0.0131. The number of benzene rings is 5. The van der Waals surface area contributed by atoms with E-state index in [0.717, 1.165) is 30.3 Å². The molecule has 0 unspecified atom stereocenters. The van der Waals surface area contributed by atoms with Crippen LogP contribution in [-0.2, 0) is 11.2 Å². The van der Waals surface area contributed by atoms with Gasteiger partial charge >= 0.3 is 5.97 Å². The molecular formula is C37H30O15. The zero-order valence-corrected chi connectivity index (χ0v) is 26.6. The highest BCUT2D eigenvalue weighted by atomic mass is 16.6. The maximum absolute atomic E-state index is 13.3. The fraction of sp³-hybridized carbons (Fsp3) is 0.162. The van der Waals surface area contributed by atoms with E-state index in [1.807, 2.05) is 0 Å². The van der Waals surface area contributed by atoms with Gasteiger partial charge in [-0.05, 0) is 48.0 Å². The van der Waals surface area contributed by atoms with Gasteiger partial charge in [-0.25, -0.2) is 4.79 Å². The van der Waals surface area contributed by atoms with Gasteiger partial charge in [-0.1, -0.05) is 18.2 Å². The topological polar surface area (TPSA) is 267 Å². The molecule has 5 atom stereocenters. The molecule has 0 aliphatic carbocycles. The number of rotatable bonds is 5. The van der Waals surface area contributed by atoms with Gasteiger partial charge in [0.15, 0.2) is 52.5 Å². The van der Waals surface area contributed by atoms with Crippen molar-refractivity contribution in [1.82, 2.24) is 0 Å². The average Bonchev–Trinajstić information content (AvgIpc) is 3.10. The van der Waals surface area contributed by atoms with Crippen LogP contribution in [0.1, 0.15) is 56.3 Å². The van der Waals surface area contributed by atoms with E-state index in [1.54, 1.807) is 0 Å². The summed E-state index contributed by atoms with van der Waals surface area (Å²) in [6.45, 7) is 0. The number of aromatic hydroxyl groups is 10. The van der Waals surface area contributed by atoms with Crippen LogP contribution < -0.4 is 9.47 Å². The Morgan fingerprint density at radius 3 is 1.85 bits per heavy atom. The lowest BCUT2D eigenvalue weighted by molar-refractivity contribution is -0.0210. The highest BCUT2D eigenvalue weighted by molar-refractivity contribution is 5.91. The molecule has 15 heteroatoms. The Labute approximate surface area is 292 Å². The molecule has 0 saturated heterocycles. The number of hydrogen-bond acceptors (Lipinski definition) is 15. The molecule has 5 aromatic rings. The number of fused-ring (bicyclic) bond motifs is 2. The predicted octanol–water partition coefficient (Wildman–Crippen LogP) is 4.27. The standard InChI is InChI=1S/C37H30O15/c38-17-3-4-18-28(11-17)50-35(15-2-6-21(40)24(43)8-15)33(48)30(18)31-25(44)13-22(41)19-12-29(51-37(49)16-9-26(45)32(47)27(46)10-16)34(52-36(19)31)14-1-5-20(39)23(42)7-14/h1-11,13,29-30,33-35,38-48H,12H2/t29-,30-,33+,34-,35-/m1/s1. The van der Waals surface area contributed by atoms with Gasteiger partial charge in [0, 0.05) is 46.7 Å². The predicted molar refractivity (Wildman–Crippen MR) is 176 cm³/mol. The second-order valence-corrected chi connectivity index (χ2v) is 12.4. The SMILES string of the molecule is O=C(O[C@@H]1Cc2c(O)cc(O)c([C@H]3c4ccc(O)cc4O[C@H](c4ccc(O)c(O)c4)[C@H]3O)c2O[C@@H]1c1ccc(O)c(O)c1)c1cc(O)c(O)c(O)c1. The van der Waals surface area contributed by atoms with Crippen molar-refractivity contribution >= 4 is 5.97 Å². The fourth-order valence-corrected chi connectivity index (χ4v) is 6.62. The summed E-state index contributed by atoms with van der Waals surface area (Å²) in [5.74, 6) is -8.04. The molecule has 0 aromatic heterocycles. The molecule has 52 heavy (non-hydrogen) atoms. The third-order valence-corrected chi connectivity index (χ3v) is 9.13. The van der Waals surface area contributed by atoms with Crippen molar-refractivity contribution in [3.63, 3.8) is 0 Å². The second kappa shape index (κ2) is 12.5. The number of ether oxygens (including phenoxy) is 3. The first kappa shape index (κ1) is 33.6. The van der Waals surface area contributed by atoms with Gasteiger partial charge in [-0.2, -0.15) is 0 Å². The summed E-state index contributed by atoms with van der Waals surface area (Å²) in [5, 5.41) is 115. The van der Waals surface area contributed by atoms with E-state index in [1.165, 1.54) is 42.5 Å². The van der Waals surface area contributed by atoms with Gasteiger partial charge in [-0.3, -0.25) is 0 Å². The van der Waals surface area contributed by atoms with E-state index >= 15 is 0 Å². The average molecular weight is 715 g/mol. The molecule has 11 N–H and O–H groups in total. The van der Waals surface area contributed by atoms with Crippen LogP contribution in [0.2, 0.25) is 0 Å². The van der Waals surface area contributed by atoms with Crippen molar-refractivity contribution in [2.24, 2.45) is 0 Å². The van der Waals surface area contributed by atoms with Crippen molar-refractivity contribution < 1.29 is 75.2 Å². The highest BCUT2D eigenvalue weighted by Crippen LogP contribution is 2.55. The number of hydrogen-bond donors (Lipinski definition) is 11. The molecule has 15 nitrogen and oxygen atoms in total. The number of phenols is 10. The first-order chi connectivity index (χ1) is 24.7. The number of carbonyl (C=O) groups is 1. The Balaban J connectivity index is 1.37. The molecule has 7 rings (SSSR count). The maximum atomic E-state index is 13.3. The largest absolute Gasteiger partial charge is 0.508 e. The molecule has 2 heterocycles. The molecule has 0 amide bonds. The Kier molecular flexibility index (Phi) is 8.06. The van der Waals surface area contributed by atoms with Crippen LogP contribution in [0, 0.1) is 0 Å². The van der Waals surface area contributed by atoms with Crippen molar-refractivity contribution in [2.75, 3.05) is 0 Å². The molecule has 0 spiro atoms. The summed E-state index contributed by atoms with van der Waals surface area (Å²) in [5.41, 5.74) is 0.229. The Bertz CT molecular complexity index is 2230. The second-order valence-electron chi connectivity index (χ2n) is 12.4. The van der Waals surface area contributed by atoms with Crippen molar-refractivity contribution in [1.29, 1.82) is 0 Å². The highest BCUT2D eigenvalue weighted by Gasteiger charge is 2.46. The Morgan fingerprint density at radius 2 is 1.23 bits per heavy atom. The summed E-state index contributed by atoms with van der Waals surface area (Å²) in [4.78, 5) is 13.3. The van der Waals surface area contributed by atoms with Gasteiger partial charge in [0.25, 0.3) is 0 Å². The monoisotopic (exact) mass is 714 g/mol. The molecular weight excluding hydrogens is 684 g/mol. The van der Waals surface area contributed by atoms with Crippen LogP contribution in [-0.4, -0.2) is 74.3 Å². The number of aliphatic hydroxyl groups excluding tert-OH is 1. The molecule has 2 aliphatic heterocycles. The van der Waals surface area contributed by atoms with Crippen molar-refractivity contribution in [3.8, 4) is 69.0 Å². The van der Waals surface area contributed by atoms with Crippen molar-refractivity contribution in [2.45, 2.75) is 36.8 Å². The summed E-state index contributed by atoms with van der Waals surface area (Å²) in [7, 11) is 0. The summed E-state index contributed by atoms with van der Waals surface area (Å²) >= 11 is 0. The van der Waals surface area contributed by atoms with E-state index in [9.17, 15) is 61.0 Å². The molecule has 2 aliphatic rings. The zero-order chi connectivity index (χ0) is 37.2. The van der Waals surface area contributed by atoms with Crippen LogP contribution in [0.4, 0.5) is 0 Å². The van der Waals surface area contributed by atoms with Crippen LogP contribution >= 0.6 is 0 Å². The summed E-state index contributed by atoms with van der Waals surface area (Å²) in [6.07, 6.45) is -5.76. The zero-order valence-electron chi connectivity index (χ0n) is 26.6. The van der Waals surface area contributed by atoms with E-state index < -0.39 is 88.0 Å². The lowest BCUT2D eigenvalue weighted by atomic mass is 9.77. The Morgan fingerprint density at radius 1 is 0.615 bits per heavy atom. The van der Waals surface area contributed by atoms with Gasteiger partial charge < -0.3 is 70.4 Å². The van der Waals surface area contributed by atoms with E-state index in [-0.39, 0.29) is 57.1 Å². The number of esters is 1. The normalized spacial score (nSPS) is 20.5. The third-order valence-electron chi connectivity index (χ3n) is 9.13. The minimum Gasteiger partial charge on any atom is -0.508 e. The molecule has 0 radical (unpaired) electrons. The molecule has 0 fully saturated rings. The van der Waals surface area contributed by atoms with Crippen LogP contribution in [0.3, 0.4) is 0 Å². The number of aliphatic hydroxyl groups is 1. The molecule has 5 aromatic carbocycles. The summed E-state index contributed by atoms with van der Waals surface area (Å²) in [6, 6.07) is 14.2. The first-order valence-corrected chi connectivity index (χ1v) is 15.6. The van der Waals surface area contributed by atoms with E-state index in [0.29, 0.717) is 0 Å². The van der Waals surface area contributed by atoms with E-state index in [4.69, 9.17) is 14.2 Å². The van der Waals surface area contributed by atoms with E-state index in [2.05, 4.69) is 0 Å². The molecule has 0 saturated carbocycles. The summed E-state index contributed by atoms with van der Waals surface area (Å²) < 4.78 is 18.3. The van der Waals surface area contributed by atoms with Gasteiger partial charge in [-0.15, -0.1) is 0 Å². The van der Waals surface area contributed by atoms with Gasteiger partial charge in [0.2, 0.25) is 0 Å². The van der Waals surface area contributed by atoms with Crippen LogP contribution in [0.5, 0.6) is 69.0 Å². The van der Waals surface area contributed by atoms with Gasteiger partial charge in [0.05, 0.1) is 5.56 Å². The van der Waals surface area contributed by atoms with Crippen LogP contribution in [0.15, 0.2) is 72.8 Å². The number of carbonyl (C=O) groups excluding carboxylic acids is 1. The van der Waals surface area contributed by atoms with Crippen molar-refractivity contribution in [3.05, 3.63) is 106 Å². The number of phenolic OH excluding ortho intramolecular Hbond substituents is 10. The maximum Gasteiger partial charge on any atom is 0.338 e. The minimum atomic E-state index is -1.55. The lowest BCUT2D eigenvalue weighted by Gasteiger charge is -2.40. The first-order valence-electron chi connectivity index (χ1n) is 15.6. The Hall–Kier alpha value is -6.87. The molecule has 268 valence electrons. The molecule has 0 bridgehead atoms. The smallest absolute Gasteiger partial charge is 0.338 e. The van der Waals surface area contributed by atoms with Gasteiger partial charge in [0.1, 0.15) is 41.0 Å². The fourth-order valence-electron chi connectivity index (χ4n) is 6.62. The lowest BCUT2D eigenvalue weighted by Crippen LogP contribution is -2.38. The quantitative estimate of drug-likeness (QED) is 0.0896.